The number of ketones is 1. The molecule has 4 heteroatoms. The number of hydrogen-bond donors (Lipinski definition) is 0. The summed E-state index contributed by atoms with van der Waals surface area (Å²) >= 11 is 13.1. The Bertz CT molecular complexity index is 776. The first-order chi connectivity index (χ1) is 10.1. The Labute approximate surface area is 136 Å². The van der Waals surface area contributed by atoms with Crippen molar-refractivity contribution in [3.05, 3.63) is 80.5 Å². The van der Waals surface area contributed by atoms with Crippen molar-refractivity contribution < 1.29 is 4.79 Å². The van der Waals surface area contributed by atoms with Gasteiger partial charge in [-0.2, -0.15) is 0 Å². The van der Waals surface area contributed by atoms with Gasteiger partial charge in [0.05, 0.1) is 9.90 Å². The lowest BCUT2D eigenvalue weighted by Gasteiger charge is -2.03. The van der Waals surface area contributed by atoms with Crippen molar-refractivity contribution in [3.63, 3.8) is 0 Å². The van der Waals surface area contributed by atoms with Crippen LogP contribution in [-0.2, 0) is 0 Å². The van der Waals surface area contributed by atoms with Crippen LogP contribution in [0.2, 0.25) is 8.67 Å². The molecule has 1 nitrogen and oxygen atoms in total. The lowest BCUT2D eigenvalue weighted by atomic mass is 10.0. The van der Waals surface area contributed by atoms with Crippen LogP contribution in [0, 0.1) is 0 Å². The molecule has 0 saturated heterocycles. The van der Waals surface area contributed by atoms with Gasteiger partial charge in [0, 0.05) is 5.56 Å². The van der Waals surface area contributed by atoms with E-state index >= 15 is 0 Å². The van der Waals surface area contributed by atoms with Gasteiger partial charge in [-0.1, -0.05) is 77.8 Å². The summed E-state index contributed by atoms with van der Waals surface area (Å²) in [5.41, 5.74) is 3.25. The number of rotatable bonds is 3. The minimum Gasteiger partial charge on any atom is -0.289 e. The second-order valence-electron chi connectivity index (χ2n) is 4.51. The van der Waals surface area contributed by atoms with E-state index in [4.69, 9.17) is 23.2 Å². The summed E-state index contributed by atoms with van der Waals surface area (Å²) in [6, 6.07) is 19.1. The molecule has 0 unspecified atom stereocenters. The fourth-order valence-electron chi connectivity index (χ4n) is 2.10. The number of carbonyl (C=O) groups excluding carboxylic acids is 1. The molecule has 0 fully saturated rings. The van der Waals surface area contributed by atoms with E-state index in [-0.39, 0.29) is 5.78 Å². The molecule has 0 spiro atoms. The SMILES string of the molecule is O=C(c1ccc(-c2ccccc2)cc1)c1cc(Cl)sc1Cl. The molecule has 3 rings (SSSR count). The summed E-state index contributed by atoms with van der Waals surface area (Å²) in [7, 11) is 0. The van der Waals surface area contributed by atoms with Crippen LogP contribution >= 0.6 is 34.5 Å². The molecular formula is C17H10Cl2OS. The fraction of sp³-hybridized carbons (Fsp3) is 0. The Hall–Kier alpha value is -1.61. The maximum atomic E-state index is 12.4. The molecule has 0 bridgehead atoms. The second-order valence-corrected chi connectivity index (χ2v) is 6.80. The van der Waals surface area contributed by atoms with Crippen molar-refractivity contribution in [1.82, 2.24) is 0 Å². The molecule has 1 aromatic heterocycles. The average Bonchev–Trinajstić information content (AvgIpc) is 2.86. The largest absolute Gasteiger partial charge is 0.289 e. The first kappa shape index (κ1) is 14.3. The first-order valence-corrected chi connectivity index (χ1v) is 7.87. The van der Waals surface area contributed by atoms with E-state index in [2.05, 4.69) is 0 Å². The van der Waals surface area contributed by atoms with E-state index in [1.54, 1.807) is 6.07 Å². The maximum Gasteiger partial charge on any atom is 0.195 e. The van der Waals surface area contributed by atoms with Crippen molar-refractivity contribution in [3.8, 4) is 11.1 Å². The molecule has 0 atom stereocenters. The zero-order valence-corrected chi connectivity index (χ0v) is 13.2. The molecule has 0 radical (unpaired) electrons. The summed E-state index contributed by atoms with van der Waals surface area (Å²) in [5, 5.41) is 0. The number of hydrogen-bond acceptors (Lipinski definition) is 2. The molecule has 2 aromatic carbocycles. The summed E-state index contributed by atoms with van der Waals surface area (Å²) in [6.45, 7) is 0. The predicted octanol–water partition coefficient (Wildman–Crippen LogP) is 5.95. The summed E-state index contributed by atoms with van der Waals surface area (Å²) in [5.74, 6) is -0.109. The third kappa shape index (κ3) is 3.03. The molecule has 21 heavy (non-hydrogen) atoms. The smallest absolute Gasteiger partial charge is 0.195 e. The van der Waals surface area contributed by atoms with E-state index < -0.39 is 0 Å². The van der Waals surface area contributed by atoms with Crippen LogP contribution in [0.1, 0.15) is 15.9 Å². The van der Waals surface area contributed by atoms with Crippen molar-refractivity contribution >= 4 is 40.3 Å². The number of carbonyl (C=O) groups is 1. The van der Waals surface area contributed by atoms with Crippen molar-refractivity contribution in [1.29, 1.82) is 0 Å². The number of benzene rings is 2. The number of halogens is 2. The molecular weight excluding hydrogens is 323 g/mol. The molecule has 0 aliphatic heterocycles. The van der Waals surface area contributed by atoms with Crippen LogP contribution in [0.15, 0.2) is 60.7 Å². The van der Waals surface area contributed by atoms with Crippen LogP contribution in [0.3, 0.4) is 0 Å². The minimum absolute atomic E-state index is 0.109. The molecule has 0 N–H and O–H groups in total. The van der Waals surface area contributed by atoms with Crippen molar-refractivity contribution in [2.24, 2.45) is 0 Å². The standard InChI is InChI=1S/C17H10Cl2OS/c18-15-10-14(17(19)21-15)16(20)13-8-6-12(7-9-13)11-4-2-1-3-5-11/h1-10H. The summed E-state index contributed by atoms with van der Waals surface area (Å²) in [6.07, 6.45) is 0. The Kier molecular flexibility index (Phi) is 4.11. The fourth-order valence-corrected chi connectivity index (χ4v) is 3.55. The van der Waals surface area contributed by atoms with Crippen LogP contribution in [-0.4, -0.2) is 5.78 Å². The van der Waals surface area contributed by atoms with Crippen LogP contribution < -0.4 is 0 Å². The lowest BCUT2D eigenvalue weighted by molar-refractivity contribution is 0.103. The van der Waals surface area contributed by atoms with E-state index in [0.717, 1.165) is 11.1 Å². The van der Waals surface area contributed by atoms with Gasteiger partial charge in [-0.3, -0.25) is 4.79 Å². The van der Waals surface area contributed by atoms with Gasteiger partial charge in [-0.05, 0) is 17.2 Å². The monoisotopic (exact) mass is 332 g/mol. The van der Waals surface area contributed by atoms with E-state index in [9.17, 15) is 4.79 Å². The van der Waals surface area contributed by atoms with Gasteiger partial charge in [0.15, 0.2) is 5.78 Å². The topological polar surface area (TPSA) is 17.1 Å². The zero-order chi connectivity index (χ0) is 14.8. The average molecular weight is 333 g/mol. The van der Waals surface area contributed by atoms with E-state index in [0.29, 0.717) is 19.8 Å². The highest BCUT2D eigenvalue weighted by molar-refractivity contribution is 7.20. The molecule has 1 heterocycles. The predicted molar refractivity (Wildman–Crippen MR) is 89.6 cm³/mol. The molecule has 0 aliphatic carbocycles. The normalized spacial score (nSPS) is 10.6. The van der Waals surface area contributed by atoms with Crippen molar-refractivity contribution in [2.75, 3.05) is 0 Å². The third-order valence-corrected chi connectivity index (χ3v) is 4.64. The zero-order valence-electron chi connectivity index (χ0n) is 10.8. The Morgan fingerprint density at radius 2 is 1.48 bits per heavy atom. The maximum absolute atomic E-state index is 12.4. The van der Waals surface area contributed by atoms with E-state index in [1.807, 2.05) is 54.6 Å². The Morgan fingerprint density at radius 1 is 0.857 bits per heavy atom. The highest BCUT2D eigenvalue weighted by Crippen LogP contribution is 2.32. The van der Waals surface area contributed by atoms with Gasteiger partial charge >= 0.3 is 0 Å². The Morgan fingerprint density at radius 3 is 2.05 bits per heavy atom. The van der Waals surface area contributed by atoms with Crippen LogP contribution in [0.25, 0.3) is 11.1 Å². The highest BCUT2D eigenvalue weighted by atomic mass is 35.5. The van der Waals surface area contributed by atoms with Gasteiger partial charge in [0.2, 0.25) is 0 Å². The highest BCUT2D eigenvalue weighted by Gasteiger charge is 2.16. The Balaban J connectivity index is 1.91. The number of thiophene rings is 1. The van der Waals surface area contributed by atoms with Gasteiger partial charge in [0.25, 0.3) is 0 Å². The van der Waals surface area contributed by atoms with Gasteiger partial charge in [0.1, 0.15) is 4.34 Å². The van der Waals surface area contributed by atoms with Crippen molar-refractivity contribution in [2.45, 2.75) is 0 Å². The van der Waals surface area contributed by atoms with Crippen LogP contribution in [0.4, 0.5) is 0 Å². The summed E-state index contributed by atoms with van der Waals surface area (Å²) in [4.78, 5) is 12.4. The molecule has 0 amide bonds. The summed E-state index contributed by atoms with van der Waals surface area (Å²) < 4.78 is 0.946. The minimum atomic E-state index is -0.109. The lowest BCUT2D eigenvalue weighted by Crippen LogP contribution is -1.99. The van der Waals surface area contributed by atoms with Gasteiger partial charge < -0.3 is 0 Å². The molecule has 0 aliphatic rings. The molecule has 104 valence electrons. The first-order valence-electron chi connectivity index (χ1n) is 6.30. The molecule has 0 saturated carbocycles. The van der Waals surface area contributed by atoms with Gasteiger partial charge in [-0.25, -0.2) is 0 Å². The molecule has 3 aromatic rings. The van der Waals surface area contributed by atoms with E-state index in [1.165, 1.54) is 11.3 Å². The van der Waals surface area contributed by atoms with Gasteiger partial charge in [-0.15, -0.1) is 11.3 Å². The quantitative estimate of drug-likeness (QED) is 0.541. The third-order valence-electron chi connectivity index (χ3n) is 3.16. The van der Waals surface area contributed by atoms with Crippen LogP contribution in [0.5, 0.6) is 0 Å². The second kappa shape index (κ2) is 6.02.